The quantitative estimate of drug-likeness (QED) is 0.663. The molecule has 0 spiro atoms. The fraction of sp³-hybridized carbons (Fsp3) is 0.235. The summed E-state index contributed by atoms with van der Waals surface area (Å²) in [6.07, 6.45) is 0. The van der Waals surface area contributed by atoms with E-state index in [2.05, 4.69) is 20.7 Å². The molecule has 2 aromatic rings. The Labute approximate surface area is 159 Å². The highest BCUT2D eigenvalue weighted by Gasteiger charge is 2.29. The summed E-state index contributed by atoms with van der Waals surface area (Å²) in [7, 11) is -2.83. The molecule has 0 radical (unpaired) electrons. The summed E-state index contributed by atoms with van der Waals surface area (Å²) < 4.78 is 43.6. The summed E-state index contributed by atoms with van der Waals surface area (Å²) in [4.78, 5) is 11.8. The number of esters is 1. The number of carbonyl (C=O) groups excluding carboxylic acids is 1. The standard InChI is InChI=1S/C17H16BrNO6S/c1-23-17(20)11-19(13-4-2-3-12(18)9-13)26(21,22)14-5-6-15-16(10-14)25-8-7-24-15/h2-6,9-10H,7-8,11H2,1H3. The van der Waals surface area contributed by atoms with Gasteiger partial charge in [-0.3, -0.25) is 9.10 Å². The van der Waals surface area contributed by atoms with Crippen LogP contribution in [-0.4, -0.2) is 41.3 Å². The van der Waals surface area contributed by atoms with Crippen LogP contribution in [0.2, 0.25) is 0 Å². The highest BCUT2D eigenvalue weighted by molar-refractivity contribution is 9.10. The number of benzene rings is 2. The summed E-state index contributed by atoms with van der Waals surface area (Å²) >= 11 is 3.31. The SMILES string of the molecule is COC(=O)CN(c1cccc(Br)c1)S(=O)(=O)c1ccc2c(c1)OCCO2. The number of halogens is 1. The van der Waals surface area contributed by atoms with Crippen molar-refractivity contribution in [2.24, 2.45) is 0 Å². The molecule has 26 heavy (non-hydrogen) atoms. The van der Waals surface area contributed by atoms with Gasteiger partial charge in [0.2, 0.25) is 0 Å². The van der Waals surface area contributed by atoms with Crippen molar-refractivity contribution in [1.82, 2.24) is 0 Å². The van der Waals surface area contributed by atoms with Gasteiger partial charge in [0, 0.05) is 10.5 Å². The summed E-state index contributed by atoms with van der Waals surface area (Å²) in [5.41, 5.74) is 0.333. The Balaban J connectivity index is 2.05. The number of hydrogen-bond donors (Lipinski definition) is 0. The van der Waals surface area contributed by atoms with Crippen LogP contribution in [0.25, 0.3) is 0 Å². The second-order valence-electron chi connectivity index (χ2n) is 5.37. The molecule has 138 valence electrons. The Morgan fingerprint density at radius 2 is 1.88 bits per heavy atom. The fourth-order valence-corrected chi connectivity index (χ4v) is 4.24. The van der Waals surface area contributed by atoms with E-state index in [1.54, 1.807) is 30.3 Å². The number of fused-ring (bicyclic) bond motifs is 1. The Morgan fingerprint density at radius 3 is 2.58 bits per heavy atom. The van der Waals surface area contributed by atoms with E-state index in [1.165, 1.54) is 19.2 Å². The number of hydrogen-bond acceptors (Lipinski definition) is 6. The minimum absolute atomic E-state index is 0.00868. The van der Waals surface area contributed by atoms with Crippen LogP contribution < -0.4 is 13.8 Å². The Hall–Kier alpha value is -2.26. The molecule has 0 atom stereocenters. The average Bonchev–Trinajstić information content (AvgIpc) is 2.65. The third kappa shape index (κ3) is 3.78. The summed E-state index contributed by atoms with van der Waals surface area (Å²) in [6, 6.07) is 11.0. The average molecular weight is 442 g/mol. The van der Waals surface area contributed by atoms with Crippen LogP contribution in [0.4, 0.5) is 5.69 Å². The molecule has 2 aromatic carbocycles. The third-order valence-corrected chi connectivity index (χ3v) is 5.96. The molecule has 0 N–H and O–H groups in total. The molecule has 3 rings (SSSR count). The van der Waals surface area contributed by atoms with Gasteiger partial charge < -0.3 is 14.2 Å². The molecular formula is C17H16BrNO6S. The largest absolute Gasteiger partial charge is 0.486 e. The van der Waals surface area contributed by atoms with Gasteiger partial charge in [0.1, 0.15) is 19.8 Å². The van der Waals surface area contributed by atoms with Crippen molar-refractivity contribution in [1.29, 1.82) is 0 Å². The second-order valence-corrected chi connectivity index (χ2v) is 8.15. The molecule has 1 heterocycles. The zero-order valence-electron chi connectivity index (χ0n) is 13.8. The summed E-state index contributed by atoms with van der Waals surface area (Å²) in [5, 5.41) is 0. The summed E-state index contributed by atoms with van der Waals surface area (Å²) in [5.74, 6) is 0.160. The molecule has 1 aliphatic rings. The predicted molar refractivity (Wildman–Crippen MR) is 98.1 cm³/mol. The van der Waals surface area contributed by atoms with Crippen molar-refractivity contribution in [3.63, 3.8) is 0 Å². The van der Waals surface area contributed by atoms with E-state index in [9.17, 15) is 13.2 Å². The Kier molecular flexibility index (Phi) is 5.38. The molecule has 0 aliphatic carbocycles. The molecule has 0 aromatic heterocycles. The minimum atomic E-state index is -4.03. The first-order chi connectivity index (χ1) is 12.4. The Bertz CT molecular complexity index is 931. The number of methoxy groups -OCH3 is 1. The van der Waals surface area contributed by atoms with Crippen molar-refractivity contribution >= 4 is 37.6 Å². The van der Waals surface area contributed by atoms with Gasteiger partial charge >= 0.3 is 5.97 Å². The van der Waals surface area contributed by atoms with Crippen molar-refractivity contribution < 1.29 is 27.4 Å². The second kappa shape index (κ2) is 7.55. The van der Waals surface area contributed by atoms with E-state index in [0.717, 1.165) is 4.31 Å². The maximum atomic E-state index is 13.2. The molecule has 0 fully saturated rings. The number of anilines is 1. The van der Waals surface area contributed by atoms with Crippen LogP contribution in [0.1, 0.15) is 0 Å². The zero-order valence-corrected chi connectivity index (χ0v) is 16.2. The van der Waals surface area contributed by atoms with Crippen molar-refractivity contribution in [2.45, 2.75) is 4.90 Å². The van der Waals surface area contributed by atoms with Gasteiger partial charge in [-0.2, -0.15) is 0 Å². The molecule has 7 nitrogen and oxygen atoms in total. The Morgan fingerprint density at radius 1 is 1.15 bits per heavy atom. The molecule has 0 saturated carbocycles. The van der Waals surface area contributed by atoms with Gasteiger partial charge in [-0.25, -0.2) is 8.42 Å². The molecule has 0 unspecified atom stereocenters. The van der Waals surface area contributed by atoms with Gasteiger partial charge in [-0.05, 0) is 30.3 Å². The van der Waals surface area contributed by atoms with Crippen molar-refractivity contribution in [3.05, 3.63) is 46.9 Å². The first-order valence-electron chi connectivity index (χ1n) is 7.66. The maximum Gasteiger partial charge on any atom is 0.326 e. The zero-order chi connectivity index (χ0) is 18.7. The van der Waals surface area contributed by atoms with E-state index in [-0.39, 0.29) is 4.90 Å². The highest BCUT2D eigenvalue weighted by atomic mass is 79.9. The maximum absolute atomic E-state index is 13.2. The molecule has 0 amide bonds. The lowest BCUT2D eigenvalue weighted by Crippen LogP contribution is -2.36. The first kappa shape index (κ1) is 18.5. The van der Waals surface area contributed by atoms with E-state index in [1.807, 2.05) is 0 Å². The molecule has 1 aliphatic heterocycles. The van der Waals surface area contributed by atoms with Crippen LogP contribution >= 0.6 is 15.9 Å². The third-order valence-electron chi connectivity index (χ3n) is 3.70. The van der Waals surface area contributed by atoms with Crippen LogP contribution in [0.15, 0.2) is 51.8 Å². The highest BCUT2D eigenvalue weighted by Crippen LogP contribution is 2.34. The van der Waals surface area contributed by atoms with Crippen LogP contribution in [0, 0.1) is 0 Å². The van der Waals surface area contributed by atoms with Gasteiger partial charge in [-0.1, -0.05) is 22.0 Å². The molecular weight excluding hydrogens is 426 g/mol. The van der Waals surface area contributed by atoms with E-state index >= 15 is 0 Å². The predicted octanol–water partition coefficient (Wildman–Crippen LogP) is 2.59. The monoisotopic (exact) mass is 441 g/mol. The topological polar surface area (TPSA) is 82.1 Å². The molecule has 0 bridgehead atoms. The van der Waals surface area contributed by atoms with Crippen LogP contribution in [0.5, 0.6) is 11.5 Å². The van der Waals surface area contributed by atoms with Gasteiger partial charge in [0.05, 0.1) is 17.7 Å². The van der Waals surface area contributed by atoms with Crippen molar-refractivity contribution in [2.75, 3.05) is 31.2 Å². The lowest BCUT2D eigenvalue weighted by Gasteiger charge is -2.25. The number of carbonyl (C=O) groups is 1. The van der Waals surface area contributed by atoms with Gasteiger partial charge in [0.25, 0.3) is 10.0 Å². The number of rotatable bonds is 5. The number of sulfonamides is 1. The molecule has 0 saturated heterocycles. The normalized spacial score (nSPS) is 13.2. The van der Waals surface area contributed by atoms with Crippen molar-refractivity contribution in [3.8, 4) is 11.5 Å². The smallest absolute Gasteiger partial charge is 0.326 e. The lowest BCUT2D eigenvalue weighted by atomic mass is 10.3. The van der Waals surface area contributed by atoms with Crippen LogP contribution in [-0.2, 0) is 19.6 Å². The number of nitrogens with zero attached hydrogens (tertiary/aromatic N) is 1. The van der Waals surface area contributed by atoms with Gasteiger partial charge in [-0.15, -0.1) is 0 Å². The summed E-state index contributed by atoms with van der Waals surface area (Å²) in [6.45, 7) is 0.295. The van der Waals surface area contributed by atoms with E-state index < -0.39 is 22.5 Å². The molecule has 9 heteroatoms. The fourth-order valence-electron chi connectivity index (χ4n) is 2.44. The number of ether oxygens (including phenoxy) is 3. The lowest BCUT2D eigenvalue weighted by molar-refractivity contribution is -0.138. The van der Waals surface area contributed by atoms with Crippen LogP contribution in [0.3, 0.4) is 0 Å². The minimum Gasteiger partial charge on any atom is -0.486 e. The van der Waals surface area contributed by atoms with Gasteiger partial charge in [0.15, 0.2) is 11.5 Å². The van der Waals surface area contributed by atoms with E-state index in [4.69, 9.17) is 9.47 Å². The van der Waals surface area contributed by atoms with E-state index in [0.29, 0.717) is 34.9 Å². The first-order valence-corrected chi connectivity index (χ1v) is 9.90.